The third kappa shape index (κ3) is 4.61. The number of nitrogens with one attached hydrogen (secondary N) is 1. The molecule has 0 saturated carbocycles. The van der Waals surface area contributed by atoms with Gasteiger partial charge in [0.2, 0.25) is 0 Å². The van der Waals surface area contributed by atoms with Crippen molar-refractivity contribution in [3.63, 3.8) is 0 Å². The number of carbonyl (C=O) groups excluding carboxylic acids is 2. The molecule has 0 aliphatic carbocycles. The van der Waals surface area contributed by atoms with Gasteiger partial charge in [-0.1, -0.05) is 20.3 Å². The van der Waals surface area contributed by atoms with Gasteiger partial charge in [0.05, 0.1) is 13.0 Å². The lowest BCUT2D eigenvalue weighted by Crippen LogP contribution is -2.52. The summed E-state index contributed by atoms with van der Waals surface area (Å²) in [6.07, 6.45) is 1.75. The maximum absolute atomic E-state index is 12.1. The monoisotopic (exact) mass is 300 g/mol. The van der Waals surface area contributed by atoms with Gasteiger partial charge in [0.15, 0.2) is 0 Å². The van der Waals surface area contributed by atoms with Crippen molar-refractivity contribution in [2.45, 2.75) is 39.2 Å². The van der Waals surface area contributed by atoms with Gasteiger partial charge in [-0.2, -0.15) is 0 Å². The Hall–Kier alpha value is -1.79. The summed E-state index contributed by atoms with van der Waals surface area (Å²) >= 11 is 0. The number of hydrogen-bond acceptors (Lipinski definition) is 4. The minimum atomic E-state index is -1.03. The maximum atomic E-state index is 12.1. The molecule has 0 aromatic rings. The molecule has 120 valence electrons. The van der Waals surface area contributed by atoms with Crippen LogP contribution in [-0.4, -0.2) is 54.2 Å². The van der Waals surface area contributed by atoms with Crippen molar-refractivity contribution in [1.29, 1.82) is 0 Å². The van der Waals surface area contributed by atoms with Crippen LogP contribution in [0.4, 0.5) is 4.79 Å². The molecule has 1 heterocycles. The van der Waals surface area contributed by atoms with Gasteiger partial charge in [0, 0.05) is 13.1 Å². The Bertz CT molecular complexity index is 391. The molecule has 2 atom stereocenters. The zero-order chi connectivity index (χ0) is 16.0. The van der Waals surface area contributed by atoms with Crippen LogP contribution in [-0.2, 0) is 14.3 Å². The molecule has 0 unspecified atom stereocenters. The van der Waals surface area contributed by atoms with Crippen LogP contribution in [0.5, 0.6) is 0 Å². The van der Waals surface area contributed by atoms with Crippen molar-refractivity contribution in [2.24, 2.45) is 11.8 Å². The molecule has 7 heteroatoms. The maximum Gasteiger partial charge on any atom is 0.326 e. The lowest BCUT2D eigenvalue weighted by molar-refractivity contribution is -0.146. The number of amides is 2. The van der Waals surface area contributed by atoms with Crippen LogP contribution in [0.25, 0.3) is 0 Å². The molecule has 1 fully saturated rings. The van der Waals surface area contributed by atoms with E-state index in [-0.39, 0.29) is 23.8 Å². The zero-order valence-electron chi connectivity index (χ0n) is 12.8. The van der Waals surface area contributed by atoms with Gasteiger partial charge in [-0.05, 0) is 18.8 Å². The third-order valence-corrected chi connectivity index (χ3v) is 4.07. The number of methoxy groups -OCH3 is 1. The summed E-state index contributed by atoms with van der Waals surface area (Å²) < 4.78 is 4.69. The molecule has 0 bridgehead atoms. The Balaban J connectivity index is 2.53. The number of likely N-dealkylation sites (tertiary alicyclic amines) is 1. The molecule has 21 heavy (non-hydrogen) atoms. The van der Waals surface area contributed by atoms with E-state index in [4.69, 9.17) is 4.74 Å². The Labute approximate surface area is 124 Å². The first-order chi connectivity index (χ1) is 9.90. The number of ether oxygens (including phenoxy) is 1. The Kier molecular flexibility index (Phi) is 6.45. The van der Waals surface area contributed by atoms with E-state index in [1.807, 2.05) is 6.92 Å². The first-order valence-electron chi connectivity index (χ1n) is 7.26. The zero-order valence-corrected chi connectivity index (χ0v) is 12.8. The fourth-order valence-electron chi connectivity index (χ4n) is 2.39. The lowest BCUT2D eigenvalue weighted by Gasteiger charge is -2.32. The van der Waals surface area contributed by atoms with Gasteiger partial charge in [-0.15, -0.1) is 0 Å². The summed E-state index contributed by atoms with van der Waals surface area (Å²) in [5.74, 6) is -1.59. The van der Waals surface area contributed by atoms with Crippen LogP contribution in [0.2, 0.25) is 0 Å². The largest absolute Gasteiger partial charge is 0.480 e. The standard InChI is InChI=1S/C14H24N2O5/c1-4-9(2)11(12(17)18)15-14(20)16-7-5-10(6-8-16)13(19)21-3/h9-11H,4-8H2,1-3H3,(H,15,20)(H,17,18)/t9-,11-/m0/s1. The van der Waals surface area contributed by atoms with Crippen LogP contribution in [0.15, 0.2) is 0 Å². The number of carboxylic acids is 1. The first-order valence-corrected chi connectivity index (χ1v) is 7.26. The average Bonchev–Trinajstić information content (AvgIpc) is 2.50. The highest BCUT2D eigenvalue weighted by molar-refractivity contribution is 5.83. The minimum absolute atomic E-state index is 0.140. The molecule has 1 aliphatic heterocycles. The number of rotatable bonds is 5. The SMILES string of the molecule is CC[C@H](C)[C@H](NC(=O)N1CCC(C(=O)OC)CC1)C(=O)O. The number of carbonyl (C=O) groups is 3. The van der Waals surface area contributed by atoms with Crippen LogP contribution < -0.4 is 5.32 Å². The van der Waals surface area contributed by atoms with Crippen molar-refractivity contribution in [1.82, 2.24) is 10.2 Å². The van der Waals surface area contributed by atoms with Crippen LogP contribution in [0.1, 0.15) is 33.1 Å². The quantitative estimate of drug-likeness (QED) is 0.741. The Morgan fingerprint density at radius 1 is 1.33 bits per heavy atom. The minimum Gasteiger partial charge on any atom is -0.480 e. The average molecular weight is 300 g/mol. The highest BCUT2D eigenvalue weighted by Gasteiger charge is 2.31. The summed E-state index contributed by atoms with van der Waals surface area (Å²) in [5.41, 5.74) is 0. The predicted octanol–water partition coefficient (Wildman–Crippen LogP) is 1.08. The normalized spacial score (nSPS) is 18.7. The fraction of sp³-hybridized carbons (Fsp3) is 0.786. The molecule has 7 nitrogen and oxygen atoms in total. The molecular weight excluding hydrogens is 276 g/mol. The highest BCUT2D eigenvalue weighted by Crippen LogP contribution is 2.19. The first kappa shape index (κ1) is 17.3. The Morgan fingerprint density at radius 3 is 2.33 bits per heavy atom. The van der Waals surface area contributed by atoms with Crippen molar-refractivity contribution in [2.75, 3.05) is 20.2 Å². The highest BCUT2D eigenvalue weighted by atomic mass is 16.5. The predicted molar refractivity (Wildman–Crippen MR) is 75.7 cm³/mol. The molecule has 2 amide bonds. The molecule has 0 aromatic heterocycles. The molecule has 2 N–H and O–H groups in total. The summed E-state index contributed by atoms with van der Waals surface area (Å²) in [7, 11) is 1.35. The summed E-state index contributed by atoms with van der Waals surface area (Å²) in [5, 5.41) is 11.7. The number of carboxylic acid groups (broad SMARTS) is 1. The molecule has 1 saturated heterocycles. The van der Waals surface area contributed by atoms with Crippen molar-refractivity contribution < 1.29 is 24.2 Å². The Morgan fingerprint density at radius 2 is 1.90 bits per heavy atom. The summed E-state index contributed by atoms with van der Waals surface area (Å²) in [4.78, 5) is 36.3. The van der Waals surface area contributed by atoms with Gasteiger partial charge < -0.3 is 20.1 Å². The van der Waals surface area contributed by atoms with E-state index in [1.54, 1.807) is 11.8 Å². The van der Waals surface area contributed by atoms with Gasteiger partial charge in [0.1, 0.15) is 6.04 Å². The second-order valence-corrected chi connectivity index (χ2v) is 5.44. The van der Waals surface area contributed by atoms with Crippen LogP contribution in [0.3, 0.4) is 0 Å². The third-order valence-electron chi connectivity index (χ3n) is 4.07. The van der Waals surface area contributed by atoms with E-state index in [0.29, 0.717) is 32.4 Å². The van der Waals surface area contributed by atoms with E-state index in [9.17, 15) is 19.5 Å². The van der Waals surface area contributed by atoms with E-state index >= 15 is 0 Å². The van der Waals surface area contributed by atoms with Gasteiger partial charge in [0.25, 0.3) is 0 Å². The number of hydrogen-bond donors (Lipinski definition) is 2. The number of aliphatic carboxylic acids is 1. The van der Waals surface area contributed by atoms with Gasteiger partial charge in [-0.3, -0.25) is 4.79 Å². The second kappa shape index (κ2) is 7.85. The van der Waals surface area contributed by atoms with Gasteiger partial charge >= 0.3 is 18.0 Å². The topological polar surface area (TPSA) is 95.9 Å². The second-order valence-electron chi connectivity index (χ2n) is 5.44. The number of esters is 1. The number of piperidine rings is 1. The summed E-state index contributed by atoms with van der Waals surface area (Å²) in [6.45, 7) is 4.54. The van der Waals surface area contributed by atoms with Crippen molar-refractivity contribution in [3.8, 4) is 0 Å². The van der Waals surface area contributed by atoms with E-state index in [2.05, 4.69) is 5.32 Å². The number of nitrogens with zero attached hydrogens (tertiary/aromatic N) is 1. The van der Waals surface area contributed by atoms with E-state index < -0.39 is 12.0 Å². The molecule has 1 rings (SSSR count). The van der Waals surface area contributed by atoms with E-state index in [1.165, 1.54) is 7.11 Å². The van der Waals surface area contributed by atoms with Crippen molar-refractivity contribution in [3.05, 3.63) is 0 Å². The van der Waals surface area contributed by atoms with Crippen LogP contribution >= 0.6 is 0 Å². The molecule has 0 spiro atoms. The molecule has 1 aliphatic rings. The molecular formula is C14H24N2O5. The lowest BCUT2D eigenvalue weighted by atomic mass is 9.97. The smallest absolute Gasteiger partial charge is 0.326 e. The molecule has 0 radical (unpaired) electrons. The van der Waals surface area contributed by atoms with E-state index in [0.717, 1.165) is 0 Å². The van der Waals surface area contributed by atoms with Crippen molar-refractivity contribution >= 4 is 18.0 Å². The molecule has 0 aromatic carbocycles. The summed E-state index contributed by atoms with van der Waals surface area (Å²) in [6, 6.07) is -1.27. The fourth-order valence-corrected chi connectivity index (χ4v) is 2.39. The van der Waals surface area contributed by atoms with Crippen LogP contribution in [0, 0.1) is 11.8 Å². The number of urea groups is 1. The van der Waals surface area contributed by atoms with Gasteiger partial charge in [-0.25, -0.2) is 9.59 Å².